The highest BCUT2D eigenvalue weighted by atomic mass is 19.4. The summed E-state index contributed by atoms with van der Waals surface area (Å²) in [6, 6.07) is 5.68. The summed E-state index contributed by atoms with van der Waals surface area (Å²) in [7, 11) is 1.86. The van der Waals surface area contributed by atoms with E-state index in [1.54, 1.807) is 6.07 Å². The van der Waals surface area contributed by atoms with Crippen molar-refractivity contribution in [3.63, 3.8) is 0 Å². The van der Waals surface area contributed by atoms with Crippen LogP contribution in [0, 0.1) is 5.92 Å². The summed E-state index contributed by atoms with van der Waals surface area (Å²) in [5.41, 5.74) is 0.273. The number of nitrogens with one attached hydrogen (secondary N) is 1. The molecule has 1 saturated carbocycles. The van der Waals surface area contributed by atoms with Gasteiger partial charge in [0, 0.05) is 0 Å². The molecule has 0 saturated heterocycles. The van der Waals surface area contributed by atoms with Crippen LogP contribution < -0.4 is 5.32 Å². The standard InChI is InChI=1S/C12H14F3N/c1-16-7-9-6-11(9)8-3-2-4-10(5-8)12(13,14)15/h2-5,9,11,16H,6-7H2,1H3/t9-,11+/m0/s1. The molecule has 2 rings (SSSR count). The van der Waals surface area contributed by atoms with E-state index >= 15 is 0 Å². The maximum absolute atomic E-state index is 12.5. The monoisotopic (exact) mass is 229 g/mol. The van der Waals surface area contributed by atoms with Gasteiger partial charge >= 0.3 is 6.18 Å². The summed E-state index contributed by atoms with van der Waals surface area (Å²) >= 11 is 0. The smallest absolute Gasteiger partial charge is 0.319 e. The van der Waals surface area contributed by atoms with Crippen molar-refractivity contribution in [2.75, 3.05) is 13.6 Å². The minimum atomic E-state index is -4.23. The molecule has 1 aromatic carbocycles. The fourth-order valence-corrected chi connectivity index (χ4v) is 2.09. The van der Waals surface area contributed by atoms with E-state index in [1.807, 2.05) is 7.05 Å². The molecule has 0 bridgehead atoms. The van der Waals surface area contributed by atoms with Crippen LogP contribution in [0.15, 0.2) is 24.3 Å². The van der Waals surface area contributed by atoms with Crippen LogP contribution in [0.4, 0.5) is 13.2 Å². The van der Waals surface area contributed by atoms with Crippen molar-refractivity contribution in [1.82, 2.24) is 5.32 Å². The van der Waals surface area contributed by atoms with Gasteiger partial charge < -0.3 is 5.32 Å². The molecule has 0 aliphatic heterocycles. The Bertz CT molecular complexity index is 373. The Morgan fingerprint density at radius 3 is 2.75 bits per heavy atom. The highest BCUT2D eigenvalue weighted by Gasteiger charge is 2.39. The summed E-state index contributed by atoms with van der Waals surface area (Å²) in [5, 5.41) is 3.05. The van der Waals surface area contributed by atoms with Crippen LogP contribution >= 0.6 is 0 Å². The molecule has 1 aliphatic rings. The third kappa shape index (κ3) is 2.38. The molecule has 2 atom stereocenters. The fourth-order valence-electron chi connectivity index (χ4n) is 2.09. The lowest BCUT2D eigenvalue weighted by Gasteiger charge is -2.08. The quantitative estimate of drug-likeness (QED) is 0.840. The van der Waals surface area contributed by atoms with Crippen LogP contribution in [0.2, 0.25) is 0 Å². The lowest BCUT2D eigenvalue weighted by molar-refractivity contribution is -0.137. The first kappa shape index (κ1) is 11.5. The van der Waals surface area contributed by atoms with Crippen molar-refractivity contribution < 1.29 is 13.2 Å². The minimum Gasteiger partial charge on any atom is -0.319 e. The Morgan fingerprint density at radius 1 is 1.38 bits per heavy atom. The fraction of sp³-hybridized carbons (Fsp3) is 0.500. The maximum atomic E-state index is 12.5. The number of rotatable bonds is 3. The van der Waals surface area contributed by atoms with Crippen molar-refractivity contribution in [2.45, 2.75) is 18.5 Å². The third-order valence-electron chi connectivity index (χ3n) is 3.03. The predicted molar refractivity (Wildman–Crippen MR) is 56.2 cm³/mol. The molecule has 1 aliphatic carbocycles. The molecule has 0 heterocycles. The summed E-state index contributed by atoms with van der Waals surface area (Å²) in [5.74, 6) is 0.795. The molecular formula is C12H14F3N. The normalized spacial score (nSPS) is 24.5. The largest absolute Gasteiger partial charge is 0.416 e. The van der Waals surface area contributed by atoms with E-state index in [0.29, 0.717) is 11.8 Å². The SMILES string of the molecule is CNC[C@@H]1C[C@@H]1c1cccc(C(F)(F)F)c1. The van der Waals surface area contributed by atoms with Gasteiger partial charge in [-0.15, -0.1) is 0 Å². The van der Waals surface area contributed by atoms with E-state index in [2.05, 4.69) is 5.32 Å². The van der Waals surface area contributed by atoms with Crippen LogP contribution in [-0.2, 0) is 6.18 Å². The predicted octanol–water partition coefficient (Wildman–Crippen LogP) is 3.03. The van der Waals surface area contributed by atoms with Crippen LogP contribution in [0.25, 0.3) is 0 Å². The van der Waals surface area contributed by atoms with Gasteiger partial charge in [0.15, 0.2) is 0 Å². The first-order chi connectivity index (χ1) is 7.52. The van der Waals surface area contributed by atoms with Crippen molar-refractivity contribution >= 4 is 0 Å². The molecule has 1 fully saturated rings. The number of alkyl halides is 3. The van der Waals surface area contributed by atoms with Crippen molar-refractivity contribution in [3.05, 3.63) is 35.4 Å². The molecule has 0 amide bonds. The van der Waals surface area contributed by atoms with E-state index in [9.17, 15) is 13.2 Å². The summed E-state index contributed by atoms with van der Waals surface area (Å²) in [6.07, 6.45) is -3.24. The van der Waals surface area contributed by atoms with Gasteiger partial charge in [0.25, 0.3) is 0 Å². The van der Waals surface area contributed by atoms with Gasteiger partial charge in [-0.1, -0.05) is 18.2 Å². The van der Waals surface area contributed by atoms with Gasteiger partial charge in [0.1, 0.15) is 0 Å². The molecule has 0 spiro atoms. The number of benzene rings is 1. The van der Waals surface area contributed by atoms with Gasteiger partial charge in [0.2, 0.25) is 0 Å². The van der Waals surface area contributed by atoms with Crippen LogP contribution in [-0.4, -0.2) is 13.6 Å². The zero-order valence-electron chi connectivity index (χ0n) is 9.01. The average Bonchev–Trinajstić information content (AvgIpc) is 2.97. The molecule has 4 heteroatoms. The second kappa shape index (κ2) is 4.09. The zero-order chi connectivity index (χ0) is 11.8. The van der Waals surface area contributed by atoms with Gasteiger partial charge in [-0.05, 0) is 43.5 Å². The zero-order valence-corrected chi connectivity index (χ0v) is 9.01. The lowest BCUT2D eigenvalue weighted by Crippen LogP contribution is -2.10. The van der Waals surface area contributed by atoms with Crippen LogP contribution in [0.3, 0.4) is 0 Å². The Balaban J connectivity index is 2.12. The number of hydrogen-bond acceptors (Lipinski definition) is 1. The third-order valence-corrected chi connectivity index (χ3v) is 3.03. The molecule has 0 unspecified atom stereocenters. The van der Waals surface area contributed by atoms with Crippen LogP contribution in [0.5, 0.6) is 0 Å². The molecular weight excluding hydrogens is 215 g/mol. The van der Waals surface area contributed by atoms with Crippen molar-refractivity contribution in [1.29, 1.82) is 0 Å². The van der Waals surface area contributed by atoms with Gasteiger partial charge in [-0.3, -0.25) is 0 Å². The average molecular weight is 229 g/mol. The Hall–Kier alpha value is -1.03. The molecule has 88 valence electrons. The van der Waals surface area contributed by atoms with Gasteiger partial charge in [-0.25, -0.2) is 0 Å². The van der Waals surface area contributed by atoms with E-state index in [0.717, 1.165) is 24.6 Å². The first-order valence-corrected chi connectivity index (χ1v) is 5.34. The summed E-state index contributed by atoms with van der Waals surface area (Å²) < 4.78 is 37.5. The van der Waals surface area contributed by atoms with E-state index in [4.69, 9.17) is 0 Å². The van der Waals surface area contributed by atoms with Crippen molar-refractivity contribution in [3.8, 4) is 0 Å². The number of halogens is 3. The molecule has 0 aromatic heterocycles. The maximum Gasteiger partial charge on any atom is 0.416 e. The number of hydrogen-bond donors (Lipinski definition) is 1. The second-order valence-corrected chi connectivity index (χ2v) is 4.28. The highest BCUT2D eigenvalue weighted by molar-refractivity contribution is 5.32. The molecule has 1 nitrogen and oxygen atoms in total. The molecule has 16 heavy (non-hydrogen) atoms. The first-order valence-electron chi connectivity index (χ1n) is 5.34. The van der Waals surface area contributed by atoms with E-state index in [1.165, 1.54) is 12.1 Å². The summed E-state index contributed by atoms with van der Waals surface area (Å²) in [6.45, 7) is 0.876. The van der Waals surface area contributed by atoms with E-state index in [-0.39, 0.29) is 0 Å². The minimum absolute atomic E-state index is 0.301. The molecule has 0 radical (unpaired) electrons. The highest BCUT2D eigenvalue weighted by Crippen LogP contribution is 2.47. The Morgan fingerprint density at radius 2 is 2.12 bits per heavy atom. The van der Waals surface area contributed by atoms with Crippen molar-refractivity contribution in [2.24, 2.45) is 5.92 Å². The van der Waals surface area contributed by atoms with Crippen LogP contribution in [0.1, 0.15) is 23.5 Å². The molecule has 1 N–H and O–H groups in total. The lowest BCUT2D eigenvalue weighted by atomic mass is 10.1. The van der Waals surface area contributed by atoms with E-state index < -0.39 is 11.7 Å². The Kier molecular flexibility index (Phi) is 2.93. The second-order valence-electron chi connectivity index (χ2n) is 4.28. The topological polar surface area (TPSA) is 12.0 Å². The Labute approximate surface area is 92.7 Å². The summed E-state index contributed by atoms with van der Waals surface area (Å²) in [4.78, 5) is 0. The van der Waals surface area contributed by atoms with Gasteiger partial charge in [0.05, 0.1) is 5.56 Å². The molecule has 1 aromatic rings. The van der Waals surface area contributed by atoms with Gasteiger partial charge in [-0.2, -0.15) is 13.2 Å².